The molecular weight excluding hydrogens is 404 g/mol. The minimum absolute atomic E-state index is 0.0743. The molecule has 1 atom stereocenters. The molecule has 5 nitrogen and oxygen atoms in total. The van der Waals surface area contributed by atoms with Crippen LogP contribution in [-0.4, -0.2) is 36.7 Å². The number of carboxylic acids is 1. The molecule has 32 heavy (non-hydrogen) atoms. The monoisotopic (exact) mass is 432 g/mol. The maximum Gasteiger partial charge on any atom is 0.333 e. The molecule has 0 aliphatic heterocycles. The molecule has 3 aromatic carbocycles. The average Bonchev–Trinajstić information content (AvgIpc) is 2.83. The maximum atomic E-state index is 12.4. The number of unbranched alkanes of at least 4 members (excludes halogenated alkanes) is 1. The van der Waals surface area contributed by atoms with Crippen molar-refractivity contribution in [1.82, 2.24) is 0 Å². The van der Waals surface area contributed by atoms with E-state index in [1.54, 1.807) is 24.3 Å². The second-order valence-electron chi connectivity index (χ2n) is 7.58. The van der Waals surface area contributed by atoms with Gasteiger partial charge >= 0.3 is 5.97 Å². The molecule has 0 amide bonds. The van der Waals surface area contributed by atoms with Gasteiger partial charge in [0.2, 0.25) is 0 Å². The van der Waals surface area contributed by atoms with Gasteiger partial charge in [-0.25, -0.2) is 4.79 Å². The second-order valence-corrected chi connectivity index (χ2v) is 7.58. The Balaban J connectivity index is 1.38. The first-order valence-corrected chi connectivity index (χ1v) is 10.7. The highest BCUT2D eigenvalue weighted by molar-refractivity contribution is 5.96. The normalized spacial score (nSPS) is 11.7. The number of carbonyl (C=O) groups is 2. The molecule has 0 aliphatic carbocycles. The van der Waals surface area contributed by atoms with Gasteiger partial charge in [-0.15, -0.1) is 0 Å². The van der Waals surface area contributed by atoms with E-state index in [0.717, 1.165) is 29.7 Å². The van der Waals surface area contributed by atoms with Crippen molar-refractivity contribution in [3.63, 3.8) is 0 Å². The second kappa shape index (κ2) is 11.8. The van der Waals surface area contributed by atoms with E-state index in [9.17, 15) is 9.59 Å². The van der Waals surface area contributed by atoms with E-state index < -0.39 is 12.1 Å². The Morgan fingerprint density at radius 3 is 2.12 bits per heavy atom. The maximum absolute atomic E-state index is 12.4. The van der Waals surface area contributed by atoms with E-state index in [2.05, 4.69) is 12.1 Å². The van der Waals surface area contributed by atoms with E-state index in [0.29, 0.717) is 18.6 Å². The number of Topliss-reactive ketones (excluding diaryl/α,β-unsaturated/α-hetero) is 1. The summed E-state index contributed by atoms with van der Waals surface area (Å²) >= 11 is 0. The van der Waals surface area contributed by atoms with Crippen LogP contribution in [0.3, 0.4) is 0 Å². The van der Waals surface area contributed by atoms with Crippen LogP contribution in [0.1, 0.15) is 35.2 Å². The fourth-order valence-electron chi connectivity index (χ4n) is 3.41. The Labute approximate surface area is 188 Å². The summed E-state index contributed by atoms with van der Waals surface area (Å²) in [5.41, 5.74) is 3.78. The van der Waals surface area contributed by atoms with Crippen molar-refractivity contribution >= 4 is 11.8 Å². The number of hydrogen-bond acceptors (Lipinski definition) is 4. The van der Waals surface area contributed by atoms with E-state index >= 15 is 0 Å². The van der Waals surface area contributed by atoms with Gasteiger partial charge in [0, 0.05) is 25.5 Å². The van der Waals surface area contributed by atoms with Crippen LogP contribution < -0.4 is 4.74 Å². The molecule has 0 bridgehead atoms. The Hall–Kier alpha value is -3.44. The number of carboxylic acid groups (broad SMARTS) is 1. The molecule has 0 saturated heterocycles. The number of ether oxygens (including phenoxy) is 2. The molecule has 0 unspecified atom stereocenters. The molecule has 0 radical (unpaired) electrons. The van der Waals surface area contributed by atoms with Crippen molar-refractivity contribution in [3.05, 3.63) is 90.0 Å². The quantitative estimate of drug-likeness (QED) is 0.305. The first-order valence-electron chi connectivity index (χ1n) is 10.7. The summed E-state index contributed by atoms with van der Waals surface area (Å²) < 4.78 is 10.7. The Morgan fingerprint density at radius 1 is 0.844 bits per heavy atom. The van der Waals surface area contributed by atoms with Gasteiger partial charge in [0.1, 0.15) is 5.75 Å². The Kier molecular flexibility index (Phi) is 8.58. The van der Waals surface area contributed by atoms with Crippen LogP contribution in [0.5, 0.6) is 5.75 Å². The zero-order valence-corrected chi connectivity index (χ0v) is 18.2. The van der Waals surface area contributed by atoms with E-state index in [1.165, 1.54) is 12.7 Å². The summed E-state index contributed by atoms with van der Waals surface area (Å²) in [4.78, 5) is 23.4. The van der Waals surface area contributed by atoms with Crippen LogP contribution in [0.4, 0.5) is 0 Å². The number of hydrogen-bond donors (Lipinski definition) is 1. The lowest BCUT2D eigenvalue weighted by Crippen LogP contribution is -2.24. The molecule has 1 N–H and O–H groups in total. The third kappa shape index (κ3) is 6.79. The van der Waals surface area contributed by atoms with Crippen LogP contribution >= 0.6 is 0 Å². The molecular formula is C27H28O5. The number of aliphatic carboxylic acids is 1. The van der Waals surface area contributed by atoms with E-state index in [4.69, 9.17) is 14.6 Å². The lowest BCUT2D eigenvalue weighted by atomic mass is 10.0. The molecule has 3 aromatic rings. The molecule has 0 saturated carbocycles. The molecule has 0 fully saturated rings. The number of methoxy groups -OCH3 is 1. The summed E-state index contributed by atoms with van der Waals surface area (Å²) in [5.74, 6) is -0.102. The molecule has 0 aromatic heterocycles. The predicted molar refractivity (Wildman–Crippen MR) is 124 cm³/mol. The van der Waals surface area contributed by atoms with Gasteiger partial charge in [0.25, 0.3) is 0 Å². The fourth-order valence-corrected chi connectivity index (χ4v) is 3.41. The highest BCUT2D eigenvalue weighted by Crippen LogP contribution is 2.22. The average molecular weight is 433 g/mol. The van der Waals surface area contributed by atoms with Crippen molar-refractivity contribution < 1.29 is 24.2 Å². The van der Waals surface area contributed by atoms with Gasteiger partial charge in [-0.2, -0.15) is 0 Å². The Morgan fingerprint density at radius 2 is 1.50 bits per heavy atom. The summed E-state index contributed by atoms with van der Waals surface area (Å²) in [5, 5.41) is 9.06. The van der Waals surface area contributed by atoms with Crippen LogP contribution in [0.15, 0.2) is 78.9 Å². The molecule has 5 heteroatoms. The zero-order chi connectivity index (χ0) is 22.8. The van der Waals surface area contributed by atoms with Crippen molar-refractivity contribution in [2.24, 2.45) is 0 Å². The smallest absolute Gasteiger partial charge is 0.333 e. The van der Waals surface area contributed by atoms with E-state index in [1.807, 2.05) is 42.5 Å². The van der Waals surface area contributed by atoms with Gasteiger partial charge in [-0.05, 0) is 41.7 Å². The largest absolute Gasteiger partial charge is 0.494 e. The van der Waals surface area contributed by atoms with Gasteiger partial charge in [-0.3, -0.25) is 4.79 Å². The lowest BCUT2D eigenvalue weighted by Gasteiger charge is -2.10. The first kappa shape index (κ1) is 23.2. The molecule has 3 rings (SSSR count). The van der Waals surface area contributed by atoms with E-state index in [-0.39, 0.29) is 12.2 Å². The zero-order valence-electron chi connectivity index (χ0n) is 18.2. The topological polar surface area (TPSA) is 72.8 Å². The molecule has 166 valence electrons. The first-order chi connectivity index (χ1) is 15.6. The van der Waals surface area contributed by atoms with Crippen molar-refractivity contribution in [1.29, 1.82) is 0 Å². The SMILES string of the molecule is CO[C@@H](Cc1ccc(C(=O)CCCCOc2ccc(-c3ccccc3)cc2)cc1)C(=O)O. The highest BCUT2D eigenvalue weighted by atomic mass is 16.5. The number of carbonyl (C=O) groups excluding carboxylic acids is 1. The minimum Gasteiger partial charge on any atom is -0.494 e. The van der Waals surface area contributed by atoms with Crippen molar-refractivity contribution in [3.8, 4) is 16.9 Å². The number of ketones is 1. The predicted octanol–water partition coefficient (Wildman–Crippen LogP) is 5.43. The number of benzene rings is 3. The Bertz CT molecular complexity index is 994. The summed E-state index contributed by atoms with van der Waals surface area (Å²) in [7, 11) is 1.38. The highest BCUT2D eigenvalue weighted by Gasteiger charge is 2.17. The van der Waals surface area contributed by atoms with Crippen molar-refractivity contribution in [2.45, 2.75) is 31.8 Å². The van der Waals surface area contributed by atoms with Gasteiger partial charge in [0.15, 0.2) is 11.9 Å². The van der Waals surface area contributed by atoms with Gasteiger partial charge < -0.3 is 14.6 Å². The molecule has 0 heterocycles. The lowest BCUT2D eigenvalue weighted by molar-refractivity contribution is -0.148. The minimum atomic E-state index is -0.998. The van der Waals surface area contributed by atoms with Crippen LogP contribution in [-0.2, 0) is 16.0 Å². The molecule has 0 aliphatic rings. The fraction of sp³-hybridized carbons (Fsp3) is 0.259. The van der Waals surface area contributed by atoms with Crippen LogP contribution in [0.2, 0.25) is 0 Å². The summed E-state index contributed by atoms with van der Waals surface area (Å²) in [6, 6.07) is 25.3. The summed E-state index contributed by atoms with van der Waals surface area (Å²) in [6.45, 7) is 0.560. The van der Waals surface area contributed by atoms with Crippen molar-refractivity contribution in [2.75, 3.05) is 13.7 Å². The van der Waals surface area contributed by atoms with Crippen LogP contribution in [0, 0.1) is 0 Å². The van der Waals surface area contributed by atoms with Crippen LogP contribution in [0.25, 0.3) is 11.1 Å². The standard InChI is InChI=1S/C27H28O5/c1-31-26(27(29)30)19-20-10-12-23(13-11-20)25(28)9-5-6-18-32-24-16-14-22(15-17-24)21-7-3-2-4-8-21/h2-4,7-8,10-17,26H,5-6,9,18-19H2,1H3,(H,29,30)/t26-/m0/s1. The molecule has 0 spiro atoms. The summed E-state index contributed by atoms with van der Waals surface area (Å²) in [6.07, 6.45) is 1.37. The van der Waals surface area contributed by atoms with Gasteiger partial charge in [-0.1, -0.05) is 66.7 Å². The van der Waals surface area contributed by atoms with Gasteiger partial charge in [0.05, 0.1) is 6.61 Å². The third-order valence-corrected chi connectivity index (χ3v) is 5.29. The number of rotatable bonds is 12. The third-order valence-electron chi connectivity index (χ3n) is 5.29.